The Balaban J connectivity index is 1.52. The highest BCUT2D eigenvalue weighted by molar-refractivity contribution is 7.89. The number of thiazole rings is 1. The topological polar surface area (TPSA) is 86.6 Å². The molecule has 9 heteroatoms. The van der Waals surface area contributed by atoms with E-state index in [-0.39, 0.29) is 29.0 Å². The highest BCUT2D eigenvalue weighted by Gasteiger charge is 2.24. The van der Waals surface area contributed by atoms with Crippen molar-refractivity contribution in [3.05, 3.63) is 52.1 Å². The van der Waals surface area contributed by atoms with Crippen molar-refractivity contribution in [2.45, 2.75) is 30.9 Å². The summed E-state index contributed by atoms with van der Waals surface area (Å²) in [4.78, 5) is 12.2. The summed E-state index contributed by atoms with van der Waals surface area (Å²) in [6, 6.07) is 12.0. The summed E-state index contributed by atoms with van der Waals surface area (Å²) in [5.41, 5.74) is 0.740. The van der Waals surface area contributed by atoms with E-state index in [1.807, 2.05) is 26.0 Å². The highest BCUT2D eigenvalue weighted by atomic mass is 32.2. The molecule has 7 nitrogen and oxygen atoms in total. The molecule has 1 N–H and O–H groups in total. The standard InChI is InChI=1S/C19H20N2O5S2/c1-12(2)21-15-8-7-14(9-18(15)27-19(21)22)28(23,24)20-10-13-11-25-16-5-3-4-6-17(16)26-13/h3-9,12-13,20H,10-11H2,1-2H3. The SMILES string of the molecule is CC(C)n1c(=O)sc2cc(S(=O)(=O)NCC3COc4ccccc4O3)ccc21. The van der Waals surface area contributed by atoms with Crippen molar-refractivity contribution in [2.75, 3.05) is 13.2 Å². The number of ether oxygens (including phenoxy) is 2. The first-order valence-corrected chi connectivity index (χ1v) is 11.2. The van der Waals surface area contributed by atoms with Crippen molar-refractivity contribution < 1.29 is 17.9 Å². The van der Waals surface area contributed by atoms with E-state index in [1.165, 1.54) is 12.1 Å². The van der Waals surface area contributed by atoms with Crippen LogP contribution in [0.25, 0.3) is 10.2 Å². The second kappa shape index (κ2) is 7.23. The molecule has 1 atom stereocenters. The number of rotatable bonds is 5. The summed E-state index contributed by atoms with van der Waals surface area (Å²) >= 11 is 1.05. The minimum atomic E-state index is -3.74. The number of benzene rings is 2. The minimum Gasteiger partial charge on any atom is -0.486 e. The highest BCUT2D eigenvalue weighted by Crippen LogP contribution is 2.31. The first-order valence-electron chi connectivity index (χ1n) is 8.88. The van der Waals surface area contributed by atoms with Gasteiger partial charge in [0.2, 0.25) is 10.0 Å². The Labute approximate surface area is 166 Å². The molecule has 1 aromatic heterocycles. The van der Waals surface area contributed by atoms with Gasteiger partial charge in [0.25, 0.3) is 0 Å². The Bertz CT molecular complexity index is 1180. The van der Waals surface area contributed by atoms with E-state index in [9.17, 15) is 13.2 Å². The molecule has 2 aromatic carbocycles. The molecule has 0 fully saturated rings. The Morgan fingerprint density at radius 1 is 1.21 bits per heavy atom. The van der Waals surface area contributed by atoms with Crippen LogP contribution in [0.1, 0.15) is 19.9 Å². The zero-order valence-corrected chi connectivity index (χ0v) is 17.0. The molecule has 28 heavy (non-hydrogen) atoms. The fourth-order valence-corrected chi connectivity index (χ4v) is 5.34. The summed E-state index contributed by atoms with van der Waals surface area (Å²) in [7, 11) is -3.74. The van der Waals surface area contributed by atoms with Gasteiger partial charge in [-0.2, -0.15) is 0 Å². The molecule has 0 spiro atoms. The van der Waals surface area contributed by atoms with Crippen LogP contribution in [0.4, 0.5) is 0 Å². The van der Waals surface area contributed by atoms with Crippen molar-refractivity contribution in [3.8, 4) is 11.5 Å². The van der Waals surface area contributed by atoms with E-state index in [2.05, 4.69) is 4.72 Å². The van der Waals surface area contributed by atoms with Gasteiger partial charge < -0.3 is 9.47 Å². The monoisotopic (exact) mass is 420 g/mol. The van der Waals surface area contributed by atoms with Crippen molar-refractivity contribution in [1.29, 1.82) is 0 Å². The summed E-state index contributed by atoms with van der Waals surface area (Å²) < 4.78 is 41.7. The fourth-order valence-electron chi connectivity index (χ4n) is 3.12. The molecule has 0 saturated carbocycles. The number of sulfonamides is 1. The van der Waals surface area contributed by atoms with Crippen molar-refractivity contribution in [3.63, 3.8) is 0 Å². The molecular formula is C19H20N2O5S2. The van der Waals surface area contributed by atoms with Gasteiger partial charge >= 0.3 is 4.87 Å². The number of hydrogen-bond donors (Lipinski definition) is 1. The third-order valence-electron chi connectivity index (χ3n) is 4.48. The van der Waals surface area contributed by atoms with Crippen molar-refractivity contribution >= 4 is 31.6 Å². The molecule has 4 rings (SSSR count). The number of hydrogen-bond acceptors (Lipinski definition) is 6. The van der Waals surface area contributed by atoms with E-state index in [4.69, 9.17) is 9.47 Å². The zero-order chi connectivity index (χ0) is 19.9. The predicted molar refractivity (Wildman–Crippen MR) is 108 cm³/mol. The van der Waals surface area contributed by atoms with Gasteiger partial charge in [-0.1, -0.05) is 23.5 Å². The van der Waals surface area contributed by atoms with Crippen LogP contribution in [0.15, 0.2) is 52.2 Å². The Hall–Kier alpha value is -2.36. The third kappa shape index (κ3) is 3.52. The van der Waals surface area contributed by atoms with Gasteiger partial charge in [0.15, 0.2) is 11.5 Å². The van der Waals surface area contributed by atoms with Crippen LogP contribution in [-0.4, -0.2) is 32.2 Å². The van der Waals surface area contributed by atoms with Gasteiger partial charge in [-0.25, -0.2) is 13.1 Å². The largest absolute Gasteiger partial charge is 0.486 e. The van der Waals surface area contributed by atoms with Gasteiger partial charge in [0.1, 0.15) is 12.7 Å². The lowest BCUT2D eigenvalue weighted by Gasteiger charge is -2.26. The van der Waals surface area contributed by atoms with E-state index in [0.29, 0.717) is 16.2 Å². The van der Waals surface area contributed by atoms with E-state index >= 15 is 0 Å². The van der Waals surface area contributed by atoms with Crippen LogP contribution in [0, 0.1) is 0 Å². The maximum absolute atomic E-state index is 12.7. The lowest BCUT2D eigenvalue weighted by Crippen LogP contribution is -2.40. The van der Waals surface area contributed by atoms with Crippen LogP contribution in [-0.2, 0) is 10.0 Å². The molecule has 1 aliphatic heterocycles. The Morgan fingerprint density at radius 2 is 1.96 bits per heavy atom. The molecule has 0 radical (unpaired) electrons. The first-order chi connectivity index (χ1) is 13.3. The normalized spacial score (nSPS) is 16.6. The maximum atomic E-state index is 12.7. The van der Waals surface area contributed by atoms with Crippen molar-refractivity contribution in [2.24, 2.45) is 0 Å². The molecule has 148 valence electrons. The average molecular weight is 421 g/mol. The second-order valence-electron chi connectivity index (χ2n) is 6.81. The van der Waals surface area contributed by atoms with Crippen LogP contribution in [0.3, 0.4) is 0 Å². The molecule has 1 unspecified atom stereocenters. The van der Waals surface area contributed by atoms with Crippen molar-refractivity contribution in [1.82, 2.24) is 9.29 Å². The van der Waals surface area contributed by atoms with Gasteiger partial charge in [0, 0.05) is 6.04 Å². The van der Waals surface area contributed by atoms with Crippen LogP contribution >= 0.6 is 11.3 Å². The van der Waals surface area contributed by atoms with Gasteiger partial charge in [-0.3, -0.25) is 9.36 Å². The van der Waals surface area contributed by atoms with Crippen LogP contribution in [0.2, 0.25) is 0 Å². The Morgan fingerprint density at radius 3 is 2.71 bits per heavy atom. The quantitative estimate of drug-likeness (QED) is 0.686. The number of fused-ring (bicyclic) bond motifs is 2. The Kier molecular flexibility index (Phi) is 4.90. The lowest BCUT2D eigenvalue weighted by molar-refractivity contribution is 0.0943. The zero-order valence-electron chi connectivity index (χ0n) is 15.4. The molecule has 0 aliphatic carbocycles. The van der Waals surface area contributed by atoms with Gasteiger partial charge in [-0.15, -0.1) is 0 Å². The van der Waals surface area contributed by atoms with E-state index in [1.54, 1.807) is 22.8 Å². The molecule has 2 heterocycles. The molecule has 0 amide bonds. The number of nitrogens with zero attached hydrogens (tertiary/aromatic N) is 1. The maximum Gasteiger partial charge on any atom is 0.308 e. The number of para-hydroxylation sites is 2. The molecular weight excluding hydrogens is 400 g/mol. The van der Waals surface area contributed by atoms with E-state index < -0.39 is 16.1 Å². The van der Waals surface area contributed by atoms with Crippen LogP contribution in [0.5, 0.6) is 11.5 Å². The van der Waals surface area contributed by atoms with Crippen LogP contribution < -0.4 is 19.1 Å². The number of aromatic nitrogens is 1. The van der Waals surface area contributed by atoms with Gasteiger partial charge in [0.05, 0.1) is 21.7 Å². The third-order valence-corrected chi connectivity index (χ3v) is 6.82. The molecule has 3 aromatic rings. The van der Waals surface area contributed by atoms with Gasteiger partial charge in [-0.05, 0) is 44.2 Å². The smallest absolute Gasteiger partial charge is 0.308 e. The summed E-state index contributed by atoms with van der Waals surface area (Å²) in [5.74, 6) is 1.25. The average Bonchev–Trinajstić information content (AvgIpc) is 3.01. The minimum absolute atomic E-state index is 0.00756. The molecule has 1 aliphatic rings. The predicted octanol–water partition coefficient (Wildman–Crippen LogP) is 2.76. The summed E-state index contributed by atoms with van der Waals surface area (Å²) in [6.07, 6.45) is -0.425. The summed E-state index contributed by atoms with van der Waals surface area (Å²) in [6.45, 7) is 4.18. The molecule has 0 saturated heterocycles. The number of nitrogens with one attached hydrogen (secondary N) is 1. The molecule has 0 bridgehead atoms. The fraction of sp³-hybridized carbons (Fsp3) is 0.316. The second-order valence-corrected chi connectivity index (χ2v) is 9.57. The summed E-state index contributed by atoms with van der Waals surface area (Å²) in [5, 5.41) is 0. The first kappa shape index (κ1) is 19.0. The van der Waals surface area contributed by atoms with E-state index in [0.717, 1.165) is 16.9 Å². The lowest BCUT2D eigenvalue weighted by atomic mass is 10.2.